The summed E-state index contributed by atoms with van der Waals surface area (Å²) in [6.45, 7) is 0.549. The van der Waals surface area contributed by atoms with Crippen molar-refractivity contribution in [2.24, 2.45) is 0 Å². The van der Waals surface area contributed by atoms with Crippen LogP contribution in [0.5, 0.6) is 0 Å². The number of nitrogens with one attached hydrogen (secondary N) is 1. The van der Waals surface area contributed by atoms with Gasteiger partial charge in [-0.25, -0.2) is 9.18 Å². The van der Waals surface area contributed by atoms with Crippen molar-refractivity contribution in [2.75, 3.05) is 17.6 Å². The van der Waals surface area contributed by atoms with E-state index in [0.717, 1.165) is 5.75 Å². The summed E-state index contributed by atoms with van der Waals surface area (Å²) in [4.78, 5) is 14.1. The fourth-order valence-corrected chi connectivity index (χ4v) is 3.75. The second-order valence-corrected chi connectivity index (χ2v) is 6.25. The van der Waals surface area contributed by atoms with Crippen LogP contribution in [0.3, 0.4) is 0 Å². The van der Waals surface area contributed by atoms with Gasteiger partial charge in [-0.05, 0) is 24.3 Å². The maximum absolute atomic E-state index is 14.0. The van der Waals surface area contributed by atoms with E-state index >= 15 is 0 Å². The topological polar surface area (TPSA) is 56.1 Å². The number of hydrogen-bond acceptors (Lipinski definition) is 3. The summed E-state index contributed by atoms with van der Waals surface area (Å²) in [6, 6.07) is 15.0. The van der Waals surface area contributed by atoms with Crippen molar-refractivity contribution in [2.45, 2.75) is 5.37 Å². The lowest BCUT2D eigenvalue weighted by atomic mass is 10.2. The smallest absolute Gasteiger partial charge is 0.308 e. The zero-order valence-corrected chi connectivity index (χ0v) is 13.0. The molecule has 1 saturated heterocycles. The first kappa shape index (κ1) is 15.4. The van der Waals surface area contributed by atoms with Gasteiger partial charge in [-0.3, -0.25) is 0 Å². The number of hydrogen-bond donors (Lipinski definition) is 1. The van der Waals surface area contributed by atoms with E-state index in [2.05, 4.69) is 5.32 Å². The van der Waals surface area contributed by atoms with Crippen LogP contribution in [-0.4, -0.2) is 23.2 Å². The third kappa shape index (κ3) is 3.30. The number of carbonyl (C=O) groups is 1. The van der Waals surface area contributed by atoms with Gasteiger partial charge in [0.2, 0.25) is 0 Å². The number of carbonyl (C=O) groups excluding carboxylic acids is 1. The molecule has 1 fully saturated rings. The Morgan fingerprint density at radius 1 is 1.30 bits per heavy atom. The molecule has 0 spiro atoms. The zero-order chi connectivity index (χ0) is 16.2. The van der Waals surface area contributed by atoms with Gasteiger partial charge in [0, 0.05) is 23.5 Å². The molecule has 0 aromatic heterocycles. The normalized spacial score (nSPS) is 16.9. The monoisotopic (exact) mass is 327 g/mol. The first-order valence-corrected chi connectivity index (χ1v) is 8.18. The van der Waals surface area contributed by atoms with Crippen molar-refractivity contribution in [3.8, 4) is 6.07 Å². The zero-order valence-electron chi connectivity index (χ0n) is 12.2. The van der Waals surface area contributed by atoms with Crippen LogP contribution >= 0.6 is 11.8 Å². The van der Waals surface area contributed by atoms with Crippen molar-refractivity contribution in [3.63, 3.8) is 0 Å². The molecule has 23 heavy (non-hydrogen) atoms. The van der Waals surface area contributed by atoms with Gasteiger partial charge in [0.25, 0.3) is 0 Å². The van der Waals surface area contributed by atoms with Gasteiger partial charge in [0.15, 0.2) is 0 Å². The summed E-state index contributed by atoms with van der Waals surface area (Å²) >= 11 is 1.54. The molecule has 2 aromatic rings. The Balaban J connectivity index is 1.78. The quantitative estimate of drug-likeness (QED) is 0.908. The molecule has 4 nitrogen and oxygen atoms in total. The highest BCUT2D eigenvalue weighted by molar-refractivity contribution is 7.99. The van der Waals surface area contributed by atoms with E-state index in [0.29, 0.717) is 23.4 Å². The fraction of sp³-hybridized carbons (Fsp3) is 0.176. The number of halogens is 1. The van der Waals surface area contributed by atoms with Gasteiger partial charge in [0.05, 0.1) is 11.6 Å². The number of anilines is 1. The van der Waals surface area contributed by atoms with Gasteiger partial charge in [0.1, 0.15) is 11.2 Å². The molecule has 0 radical (unpaired) electrons. The van der Waals surface area contributed by atoms with E-state index in [9.17, 15) is 9.18 Å². The van der Waals surface area contributed by atoms with Crippen LogP contribution < -0.4 is 5.32 Å². The van der Waals surface area contributed by atoms with Crippen LogP contribution in [0.4, 0.5) is 14.9 Å². The summed E-state index contributed by atoms with van der Waals surface area (Å²) in [5.74, 6) is 0.446. The molecule has 0 bridgehead atoms. The van der Waals surface area contributed by atoms with Crippen LogP contribution in [0.1, 0.15) is 16.5 Å². The molecule has 2 aromatic carbocycles. The van der Waals surface area contributed by atoms with Gasteiger partial charge >= 0.3 is 6.03 Å². The van der Waals surface area contributed by atoms with Crippen LogP contribution in [0.15, 0.2) is 48.5 Å². The van der Waals surface area contributed by atoms with Gasteiger partial charge in [-0.1, -0.05) is 24.3 Å². The summed E-state index contributed by atoms with van der Waals surface area (Å²) in [5.41, 5.74) is 1.54. The molecular weight excluding hydrogens is 313 g/mol. The number of nitriles is 1. The van der Waals surface area contributed by atoms with E-state index in [1.807, 2.05) is 6.07 Å². The molecule has 1 N–H and O–H groups in total. The second kappa shape index (κ2) is 6.71. The molecule has 0 saturated carbocycles. The Morgan fingerprint density at radius 3 is 2.91 bits per heavy atom. The first-order chi connectivity index (χ1) is 11.2. The van der Waals surface area contributed by atoms with Crippen molar-refractivity contribution in [1.29, 1.82) is 5.26 Å². The fourth-order valence-electron chi connectivity index (χ4n) is 2.47. The molecule has 1 aliphatic rings. The molecule has 6 heteroatoms. The van der Waals surface area contributed by atoms with Crippen molar-refractivity contribution in [3.05, 3.63) is 65.5 Å². The van der Waals surface area contributed by atoms with E-state index < -0.39 is 0 Å². The molecule has 1 heterocycles. The third-order valence-corrected chi connectivity index (χ3v) is 4.81. The van der Waals surface area contributed by atoms with Gasteiger partial charge in [-0.2, -0.15) is 5.26 Å². The standard InChI is InChI=1S/C17H14FN3OS/c18-15-7-2-1-6-14(15)16-21(8-9-23-16)17(22)20-13-5-3-4-12(10-13)11-19/h1-7,10,16H,8-9H2,(H,20,22)/t16-/m0/s1. The molecule has 116 valence electrons. The predicted octanol–water partition coefficient (Wildman–Crippen LogP) is 3.98. The van der Waals surface area contributed by atoms with Gasteiger partial charge in [-0.15, -0.1) is 11.8 Å². The number of nitrogens with zero attached hydrogens (tertiary/aromatic N) is 2. The van der Waals surface area contributed by atoms with Crippen molar-refractivity contribution >= 4 is 23.5 Å². The van der Waals surface area contributed by atoms with E-state index in [1.54, 1.807) is 47.4 Å². The van der Waals surface area contributed by atoms with Gasteiger partial charge < -0.3 is 10.2 Å². The average molecular weight is 327 g/mol. The highest BCUT2D eigenvalue weighted by atomic mass is 32.2. The van der Waals surface area contributed by atoms with Crippen LogP contribution in [0, 0.1) is 17.1 Å². The minimum atomic E-state index is -0.338. The maximum atomic E-state index is 14.0. The predicted molar refractivity (Wildman–Crippen MR) is 88.5 cm³/mol. The van der Waals surface area contributed by atoms with Crippen LogP contribution in [0.2, 0.25) is 0 Å². The lowest BCUT2D eigenvalue weighted by Crippen LogP contribution is -2.34. The Morgan fingerprint density at radius 2 is 2.13 bits per heavy atom. The highest BCUT2D eigenvalue weighted by Crippen LogP contribution is 2.39. The lowest BCUT2D eigenvalue weighted by Gasteiger charge is -2.24. The summed E-state index contributed by atoms with van der Waals surface area (Å²) in [6.07, 6.45) is 0. The van der Waals surface area contributed by atoms with Crippen LogP contribution in [-0.2, 0) is 0 Å². The Kier molecular flexibility index (Phi) is 4.49. The molecule has 1 aliphatic heterocycles. The highest BCUT2D eigenvalue weighted by Gasteiger charge is 2.32. The molecule has 0 unspecified atom stereocenters. The molecule has 3 rings (SSSR count). The summed E-state index contributed by atoms with van der Waals surface area (Å²) < 4.78 is 14.0. The minimum Gasteiger partial charge on any atom is -0.308 e. The van der Waals surface area contributed by atoms with Crippen molar-refractivity contribution < 1.29 is 9.18 Å². The largest absolute Gasteiger partial charge is 0.323 e. The van der Waals surface area contributed by atoms with E-state index in [1.165, 1.54) is 17.8 Å². The third-order valence-electron chi connectivity index (χ3n) is 3.57. The first-order valence-electron chi connectivity index (χ1n) is 7.13. The molecule has 2 amide bonds. The summed E-state index contributed by atoms with van der Waals surface area (Å²) in [7, 11) is 0. The summed E-state index contributed by atoms with van der Waals surface area (Å²) in [5, 5.41) is 11.4. The maximum Gasteiger partial charge on any atom is 0.323 e. The number of rotatable bonds is 2. The van der Waals surface area contributed by atoms with Crippen molar-refractivity contribution in [1.82, 2.24) is 4.90 Å². The minimum absolute atomic E-state index is 0.293. The van der Waals surface area contributed by atoms with E-state index in [-0.39, 0.29) is 17.2 Å². The molecule has 0 aliphatic carbocycles. The Hall–Kier alpha value is -2.52. The number of amides is 2. The Labute approximate surface area is 137 Å². The SMILES string of the molecule is N#Cc1cccc(NC(=O)N2CCS[C@H]2c2ccccc2F)c1. The number of urea groups is 1. The second-order valence-electron chi connectivity index (χ2n) is 5.06. The molecule has 1 atom stereocenters. The lowest BCUT2D eigenvalue weighted by molar-refractivity contribution is 0.213. The van der Waals surface area contributed by atoms with E-state index in [4.69, 9.17) is 5.26 Å². The number of thioether (sulfide) groups is 1. The van der Waals surface area contributed by atoms with Crippen LogP contribution in [0.25, 0.3) is 0 Å². The molecular formula is C17H14FN3OS. The number of benzene rings is 2. The Bertz CT molecular complexity index is 774. The average Bonchev–Trinajstić information content (AvgIpc) is 3.05.